The summed E-state index contributed by atoms with van der Waals surface area (Å²) in [5.74, 6) is 5.87. The van der Waals surface area contributed by atoms with Crippen LogP contribution in [0, 0.1) is 11.8 Å². The first-order valence-corrected chi connectivity index (χ1v) is 13.7. The Kier molecular flexibility index (Phi) is 7.01. The number of nitrogens with two attached hydrogens (primary N) is 1. The molecule has 0 saturated carbocycles. The number of hydrogen-bond donors (Lipinski definition) is 1. The van der Waals surface area contributed by atoms with Gasteiger partial charge in [0.05, 0.1) is 30.0 Å². The van der Waals surface area contributed by atoms with Crippen molar-refractivity contribution in [2.75, 3.05) is 25.6 Å². The summed E-state index contributed by atoms with van der Waals surface area (Å²) in [7, 11) is -1.89. The number of pyridine rings is 1. The maximum absolute atomic E-state index is 6.51. The van der Waals surface area contributed by atoms with Gasteiger partial charge in [-0.2, -0.15) is 0 Å². The lowest BCUT2D eigenvalue weighted by molar-refractivity contribution is -0.0252. The average molecular weight is 504 g/mol. The first-order chi connectivity index (χ1) is 13.5. The van der Waals surface area contributed by atoms with E-state index in [4.69, 9.17) is 36.0 Å². The Morgan fingerprint density at radius 1 is 1.28 bits per heavy atom. The summed E-state index contributed by atoms with van der Waals surface area (Å²) >= 11 is 9.24. The van der Waals surface area contributed by atoms with Gasteiger partial charge >= 0.3 is 0 Å². The molecule has 6 nitrogen and oxygen atoms in total. The molecule has 4 atom stereocenters. The Hall–Kier alpha value is -0.663. The van der Waals surface area contributed by atoms with Crippen LogP contribution >= 0.6 is 27.5 Å². The van der Waals surface area contributed by atoms with E-state index in [9.17, 15) is 0 Å². The van der Waals surface area contributed by atoms with Crippen molar-refractivity contribution in [3.8, 4) is 11.8 Å². The van der Waals surface area contributed by atoms with Gasteiger partial charge in [-0.3, -0.25) is 0 Å². The molecule has 2 saturated heterocycles. The second kappa shape index (κ2) is 8.83. The summed E-state index contributed by atoms with van der Waals surface area (Å²) < 4.78 is 24.9. The fourth-order valence-electron chi connectivity index (χ4n) is 3.08. The van der Waals surface area contributed by atoms with Gasteiger partial charge in [-0.15, -0.1) is 0 Å². The summed E-state index contributed by atoms with van der Waals surface area (Å²) in [4.78, 5) is 4.23. The average Bonchev–Trinajstić information content (AvgIpc) is 3.18. The molecular formula is C20H28BrClN2O4Si. The zero-order valence-electron chi connectivity index (χ0n) is 17.4. The summed E-state index contributed by atoms with van der Waals surface area (Å²) in [6, 6.07) is 1.62. The molecule has 2 aliphatic rings. The number of rotatable bonds is 4. The Morgan fingerprint density at radius 3 is 2.55 bits per heavy atom. The van der Waals surface area contributed by atoms with Gasteiger partial charge < -0.3 is 24.4 Å². The van der Waals surface area contributed by atoms with Crippen LogP contribution in [0.1, 0.15) is 26.5 Å². The zero-order chi connectivity index (χ0) is 21.4. The van der Waals surface area contributed by atoms with Crippen molar-refractivity contribution in [1.29, 1.82) is 0 Å². The highest BCUT2D eigenvalue weighted by atomic mass is 79.9. The minimum atomic E-state index is -1.89. The van der Waals surface area contributed by atoms with Crippen LogP contribution in [0.5, 0.6) is 0 Å². The number of anilines is 1. The third kappa shape index (κ3) is 5.16. The van der Waals surface area contributed by atoms with Crippen molar-refractivity contribution in [2.24, 2.45) is 0 Å². The van der Waals surface area contributed by atoms with Crippen LogP contribution in [0.25, 0.3) is 0 Å². The molecule has 160 valence electrons. The van der Waals surface area contributed by atoms with Crippen LogP contribution in [-0.2, 0) is 18.6 Å². The minimum absolute atomic E-state index is 0.0454. The molecule has 1 aromatic heterocycles. The molecular weight excluding hydrogens is 476 g/mol. The van der Waals surface area contributed by atoms with Gasteiger partial charge in [0.15, 0.2) is 8.32 Å². The van der Waals surface area contributed by atoms with Crippen molar-refractivity contribution in [3.63, 3.8) is 0 Å². The van der Waals surface area contributed by atoms with Crippen LogP contribution < -0.4 is 5.73 Å². The van der Waals surface area contributed by atoms with E-state index >= 15 is 0 Å². The molecule has 0 unspecified atom stereocenters. The van der Waals surface area contributed by atoms with Gasteiger partial charge in [0, 0.05) is 0 Å². The third-order valence-electron chi connectivity index (χ3n) is 5.75. The van der Waals surface area contributed by atoms with Crippen LogP contribution in [0.15, 0.2) is 10.7 Å². The molecule has 0 aromatic carbocycles. The minimum Gasteiger partial charge on any atom is -0.409 e. The predicted octanol–water partition coefficient (Wildman–Crippen LogP) is 4.00. The van der Waals surface area contributed by atoms with Crippen molar-refractivity contribution >= 4 is 41.5 Å². The van der Waals surface area contributed by atoms with Gasteiger partial charge in [-0.25, -0.2) is 4.98 Å². The Bertz CT molecular complexity index is 821. The molecule has 0 radical (unpaired) electrons. The van der Waals surface area contributed by atoms with E-state index in [0.717, 1.165) is 0 Å². The first kappa shape index (κ1) is 23.0. The predicted molar refractivity (Wildman–Crippen MR) is 120 cm³/mol. The second-order valence-electron chi connectivity index (χ2n) is 8.86. The third-order valence-corrected chi connectivity index (χ3v) is 11.4. The van der Waals surface area contributed by atoms with Crippen molar-refractivity contribution in [1.82, 2.24) is 4.98 Å². The number of ether oxygens (including phenoxy) is 3. The van der Waals surface area contributed by atoms with E-state index in [1.807, 2.05) is 0 Å². The summed E-state index contributed by atoms with van der Waals surface area (Å²) in [6.45, 7) is 12.4. The van der Waals surface area contributed by atoms with Crippen LogP contribution in [0.3, 0.4) is 0 Å². The van der Waals surface area contributed by atoms with Crippen LogP contribution in [0.2, 0.25) is 23.2 Å². The fourth-order valence-corrected chi connectivity index (χ4v) is 4.84. The molecule has 2 N–H and O–H groups in total. The lowest BCUT2D eigenvalue weighted by Gasteiger charge is -2.39. The van der Waals surface area contributed by atoms with Gasteiger partial charge in [0.2, 0.25) is 0 Å². The maximum Gasteiger partial charge on any atom is 0.192 e. The highest BCUT2D eigenvalue weighted by molar-refractivity contribution is 9.10. The van der Waals surface area contributed by atoms with E-state index in [1.54, 1.807) is 6.07 Å². The molecule has 29 heavy (non-hydrogen) atoms. The zero-order valence-corrected chi connectivity index (χ0v) is 20.8. The lowest BCUT2D eigenvalue weighted by atomic mass is 10.1. The van der Waals surface area contributed by atoms with Gasteiger partial charge in [-0.05, 0) is 46.0 Å². The number of fused-ring (bicyclic) bond motifs is 1. The molecule has 0 bridgehead atoms. The normalized spacial score (nSPS) is 26.9. The van der Waals surface area contributed by atoms with Crippen molar-refractivity contribution in [2.45, 2.75) is 63.3 Å². The molecule has 0 amide bonds. The van der Waals surface area contributed by atoms with E-state index in [1.165, 1.54) is 0 Å². The molecule has 0 spiro atoms. The highest BCUT2D eigenvalue weighted by Gasteiger charge is 2.51. The SMILES string of the molecule is CC(C)(C)[Si](C)(C)O[C@@H]1CO[C@H]2[C@@H]1OC[C@H]2OCC#Cc1nc(Br)c(Cl)cc1N. The monoisotopic (exact) mass is 502 g/mol. The second-order valence-corrected chi connectivity index (χ2v) is 14.8. The number of nitrogen functional groups attached to an aromatic ring is 1. The fraction of sp³-hybridized carbons (Fsp3) is 0.650. The Morgan fingerprint density at radius 2 is 1.90 bits per heavy atom. The van der Waals surface area contributed by atoms with E-state index in [2.05, 4.69) is 66.6 Å². The van der Waals surface area contributed by atoms with E-state index < -0.39 is 8.32 Å². The number of nitrogens with zero attached hydrogens (tertiary/aromatic N) is 1. The summed E-state index contributed by atoms with van der Waals surface area (Å²) in [5, 5.41) is 0.591. The summed E-state index contributed by atoms with van der Waals surface area (Å²) in [6.07, 6.45) is -0.424. The summed E-state index contributed by atoms with van der Waals surface area (Å²) in [5.41, 5.74) is 6.79. The Labute approximate surface area is 187 Å². The van der Waals surface area contributed by atoms with Crippen molar-refractivity contribution in [3.05, 3.63) is 21.4 Å². The molecule has 9 heteroatoms. The van der Waals surface area contributed by atoms with E-state index in [0.29, 0.717) is 34.2 Å². The number of aromatic nitrogens is 1. The van der Waals surface area contributed by atoms with Gasteiger partial charge in [-0.1, -0.05) is 38.3 Å². The molecule has 2 aliphatic heterocycles. The van der Waals surface area contributed by atoms with Crippen LogP contribution in [0.4, 0.5) is 5.69 Å². The Balaban J connectivity index is 1.55. The molecule has 3 rings (SSSR count). The molecule has 2 fully saturated rings. The maximum atomic E-state index is 6.51. The first-order valence-electron chi connectivity index (χ1n) is 9.62. The lowest BCUT2D eigenvalue weighted by Crippen LogP contribution is -2.47. The topological polar surface area (TPSA) is 75.8 Å². The number of hydrogen-bond acceptors (Lipinski definition) is 6. The smallest absolute Gasteiger partial charge is 0.192 e. The van der Waals surface area contributed by atoms with Crippen LogP contribution in [-0.4, -0.2) is 57.5 Å². The quantitative estimate of drug-likeness (QED) is 0.380. The van der Waals surface area contributed by atoms with Gasteiger partial charge in [0.25, 0.3) is 0 Å². The van der Waals surface area contributed by atoms with Gasteiger partial charge in [0.1, 0.15) is 35.2 Å². The molecule has 1 aromatic rings. The highest BCUT2D eigenvalue weighted by Crippen LogP contribution is 2.40. The van der Waals surface area contributed by atoms with Crippen molar-refractivity contribution < 1.29 is 18.6 Å². The standard InChI is InChI=1S/C20H28BrClN2O4Si/c1-20(2,3)29(4,5)28-16-11-27-17-15(10-26-18(16)17)25-8-6-7-14-13(23)9-12(22)19(21)24-14/h9,15-18H,8,10-11,23H2,1-5H3/t15-,16-,17-,18-/m1/s1. The molecule has 3 heterocycles. The largest absolute Gasteiger partial charge is 0.409 e. The number of halogens is 2. The molecule has 0 aliphatic carbocycles. The van der Waals surface area contributed by atoms with E-state index in [-0.39, 0.29) is 36.1 Å².